The summed E-state index contributed by atoms with van der Waals surface area (Å²) in [6.45, 7) is 4.74. The second kappa shape index (κ2) is 4.94. The topological polar surface area (TPSA) is 77.2 Å². The zero-order valence-corrected chi connectivity index (χ0v) is 10.8. The lowest BCUT2D eigenvalue weighted by atomic mass is 9.94. The summed E-state index contributed by atoms with van der Waals surface area (Å²) in [4.78, 5) is 16.0. The zero-order valence-electron chi connectivity index (χ0n) is 10.8. The quantitative estimate of drug-likeness (QED) is 0.829. The van der Waals surface area contributed by atoms with Crippen LogP contribution >= 0.6 is 0 Å². The van der Waals surface area contributed by atoms with Crippen molar-refractivity contribution >= 4 is 11.6 Å². The summed E-state index contributed by atoms with van der Waals surface area (Å²) in [5.74, 6) is -0.141. The molecule has 0 aliphatic carbocycles. The van der Waals surface area contributed by atoms with Crippen LogP contribution in [0.15, 0.2) is 18.5 Å². The lowest BCUT2D eigenvalue weighted by Crippen LogP contribution is -2.45. The molecular weight excluding hydrogens is 230 g/mol. The molecule has 1 atom stereocenters. The van der Waals surface area contributed by atoms with Gasteiger partial charge in [0.15, 0.2) is 0 Å². The normalized spacial score (nSPS) is 22.4. The molecule has 1 aromatic heterocycles. The van der Waals surface area contributed by atoms with E-state index < -0.39 is 0 Å². The van der Waals surface area contributed by atoms with Crippen molar-refractivity contribution in [2.24, 2.45) is 0 Å². The molecule has 5 heteroatoms. The number of nitrogens with two attached hydrogens (primary N) is 1. The number of rotatable bonds is 2. The number of aromatic nitrogens is 1. The molecule has 1 aliphatic heterocycles. The highest BCUT2D eigenvalue weighted by molar-refractivity contribution is 5.98. The van der Waals surface area contributed by atoms with Gasteiger partial charge in [-0.1, -0.05) is 0 Å². The minimum Gasteiger partial charge on any atom is -0.397 e. The maximum atomic E-state index is 12.1. The second-order valence-corrected chi connectivity index (χ2v) is 5.23. The molecule has 0 aromatic carbocycles. The highest BCUT2D eigenvalue weighted by Crippen LogP contribution is 2.24. The first-order valence-corrected chi connectivity index (χ1v) is 6.12. The number of carbonyl (C=O) groups is 1. The Morgan fingerprint density at radius 1 is 1.61 bits per heavy atom. The van der Waals surface area contributed by atoms with Gasteiger partial charge in [-0.2, -0.15) is 0 Å². The maximum absolute atomic E-state index is 12.1. The molecule has 1 saturated heterocycles. The Labute approximate surface area is 107 Å². The maximum Gasteiger partial charge on any atom is 0.253 e. The van der Waals surface area contributed by atoms with Crippen molar-refractivity contribution in [2.75, 3.05) is 12.3 Å². The van der Waals surface area contributed by atoms with Gasteiger partial charge in [-0.05, 0) is 32.8 Å². The molecule has 0 spiro atoms. The van der Waals surface area contributed by atoms with E-state index >= 15 is 0 Å². The number of carbonyl (C=O) groups excluding carboxylic acids is 1. The molecule has 1 aromatic rings. The predicted molar refractivity (Wildman–Crippen MR) is 69.2 cm³/mol. The Kier molecular flexibility index (Phi) is 3.52. The van der Waals surface area contributed by atoms with E-state index in [1.807, 2.05) is 13.8 Å². The van der Waals surface area contributed by atoms with Gasteiger partial charge in [0.1, 0.15) is 0 Å². The standard InChI is InChI=1S/C13H19N3O2/c1-13(2)7-9(4-6-18-13)16-12(17)10-3-5-15-8-11(10)14/h3,5,8-9H,4,6-7,14H2,1-2H3,(H,16,17). The molecular formula is C13H19N3O2. The number of hydrogen-bond acceptors (Lipinski definition) is 4. The van der Waals surface area contributed by atoms with Gasteiger partial charge in [-0.3, -0.25) is 9.78 Å². The number of nitrogens with zero attached hydrogens (tertiary/aromatic N) is 1. The monoisotopic (exact) mass is 249 g/mol. The molecule has 1 aliphatic rings. The number of nitrogen functional groups attached to an aromatic ring is 1. The van der Waals surface area contributed by atoms with Crippen LogP contribution in [0.4, 0.5) is 5.69 Å². The van der Waals surface area contributed by atoms with Gasteiger partial charge >= 0.3 is 0 Å². The SMILES string of the molecule is CC1(C)CC(NC(=O)c2ccncc2N)CCO1. The predicted octanol–water partition coefficient (Wildman–Crippen LogP) is 1.35. The Bertz CT molecular complexity index is 446. The molecule has 2 rings (SSSR count). The van der Waals surface area contributed by atoms with Crippen molar-refractivity contribution in [1.29, 1.82) is 0 Å². The van der Waals surface area contributed by atoms with Crippen LogP contribution in [-0.2, 0) is 4.74 Å². The second-order valence-electron chi connectivity index (χ2n) is 5.23. The van der Waals surface area contributed by atoms with Crippen LogP contribution in [-0.4, -0.2) is 29.1 Å². The van der Waals surface area contributed by atoms with Crippen molar-refractivity contribution in [3.05, 3.63) is 24.0 Å². The van der Waals surface area contributed by atoms with Crippen LogP contribution < -0.4 is 11.1 Å². The summed E-state index contributed by atoms with van der Waals surface area (Å²) < 4.78 is 5.62. The number of ether oxygens (including phenoxy) is 1. The number of hydrogen-bond donors (Lipinski definition) is 2. The van der Waals surface area contributed by atoms with Crippen LogP contribution in [0.25, 0.3) is 0 Å². The van der Waals surface area contributed by atoms with Crippen molar-refractivity contribution in [3.63, 3.8) is 0 Å². The van der Waals surface area contributed by atoms with Crippen molar-refractivity contribution < 1.29 is 9.53 Å². The molecule has 3 N–H and O–H groups in total. The fourth-order valence-electron chi connectivity index (χ4n) is 2.23. The first-order chi connectivity index (χ1) is 8.48. The summed E-state index contributed by atoms with van der Waals surface area (Å²) in [6.07, 6.45) is 4.70. The van der Waals surface area contributed by atoms with Gasteiger partial charge in [-0.15, -0.1) is 0 Å². The summed E-state index contributed by atoms with van der Waals surface area (Å²) in [5, 5.41) is 3.00. The van der Waals surface area contributed by atoms with E-state index in [0.717, 1.165) is 12.8 Å². The number of pyridine rings is 1. The third-order valence-electron chi connectivity index (χ3n) is 3.13. The summed E-state index contributed by atoms with van der Waals surface area (Å²) in [6, 6.07) is 1.77. The van der Waals surface area contributed by atoms with E-state index in [1.165, 1.54) is 6.20 Å². The van der Waals surface area contributed by atoms with Gasteiger partial charge in [0.2, 0.25) is 0 Å². The van der Waals surface area contributed by atoms with Gasteiger partial charge in [-0.25, -0.2) is 0 Å². The number of amides is 1. The molecule has 1 fully saturated rings. The Morgan fingerprint density at radius 3 is 3.06 bits per heavy atom. The molecule has 1 unspecified atom stereocenters. The Balaban J connectivity index is 2.02. The van der Waals surface area contributed by atoms with Crippen LogP contribution in [0.2, 0.25) is 0 Å². The number of nitrogens with one attached hydrogen (secondary N) is 1. The number of anilines is 1. The van der Waals surface area contributed by atoms with Gasteiger partial charge in [0.05, 0.1) is 23.0 Å². The van der Waals surface area contributed by atoms with E-state index in [4.69, 9.17) is 10.5 Å². The van der Waals surface area contributed by atoms with Crippen molar-refractivity contribution in [1.82, 2.24) is 10.3 Å². The third-order valence-corrected chi connectivity index (χ3v) is 3.13. The average molecular weight is 249 g/mol. The minimum atomic E-state index is -0.181. The lowest BCUT2D eigenvalue weighted by Gasteiger charge is -2.35. The zero-order chi connectivity index (χ0) is 13.2. The lowest BCUT2D eigenvalue weighted by molar-refractivity contribution is -0.0615. The summed E-state index contributed by atoms with van der Waals surface area (Å²) >= 11 is 0. The van der Waals surface area contributed by atoms with Crippen molar-refractivity contribution in [2.45, 2.75) is 38.3 Å². The summed E-state index contributed by atoms with van der Waals surface area (Å²) in [5.41, 5.74) is 6.44. The van der Waals surface area contributed by atoms with Crippen molar-refractivity contribution in [3.8, 4) is 0 Å². The van der Waals surface area contributed by atoms with Crippen LogP contribution in [0, 0.1) is 0 Å². The molecule has 0 bridgehead atoms. The van der Waals surface area contributed by atoms with Crippen LogP contribution in [0.5, 0.6) is 0 Å². The molecule has 2 heterocycles. The van der Waals surface area contributed by atoms with Gasteiger partial charge in [0, 0.05) is 18.8 Å². The Morgan fingerprint density at radius 2 is 2.39 bits per heavy atom. The average Bonchev–Trinajstić information content (AvgIpc) is 2.28. The first-order valence-electron chi connectivity index (χ1n) is 6.12. The molecule has 98 valence electrons. The largest absolute Gasteiger partial charge is 0.397 e. The molecule has 18 heavy (non-hydrogen) atoms. The summed E-state index contributed by atoms with van der Waals surface area (Å²) in [7, 11) is 0. The highest BCUT2D eigenvalue weighted by Gasteiger charge is 2.29. The van der Waals surface area contributed by atoms with Gasteiger partial charge < -0.3 is 15.8 Å². The first kappa shape index (κ1) is 12.8. The Hall–Kier alpha value is -1.62. The highest BCUT2D eigenvalue weighted by atomic mass is 16.5. The van der Waals surface area contributed by atoms with E-state index in [-0.39, 0.29) is 17.6 Å². The molecule has 0 saturated carbocycles. The molecule has 1 amide bonds. The molecule has 5 nitrogen and oxygen atoms in total. The van der Waals surface area contributed by atoms with E-state index in [9.17, 15) is 4.79 Å². The van der Waals surface area contributed by atoms with E-state index in [1.54, 1.807) is 12.3 Å². The van der Waals surface area contributed by atoms with E-state index in [2.05, 4.69) is 10.3 Å². The smallest absolute Gasteiger partial charge is 0.253 e. The fourth-order valence-corrected chi connectivity index (χ4v) is 2.23. The minimum absolute atomic E-state index is 0.133. The van der Waals surface area contributed by atoms with Gasteiger partial charge in [0.25, 0.3) is 5.91 Å². The third kappa shape index (κ3) is 2.98. The fraction of sp³-hybridized carbons (Fsp3) is 0.538. The van der Waals surface area contributed by atoms with E-state index in [0.29, 0.717) is 17.9 Å². The van der Waals surface area contributed by atoms with Crippen LogP contribution in [0.1, 0.15) is 37.0 Å². The molecule has 0 radical (unpaired) electrons. The van der Waals surface area contributed by atoms with Crippen LogP contribution in [0.3, 0.4) is 0 Å².